The quantitative estimate of drug-likeness (QED) is 0.385. The molecule has 1 aromatic heterocycles. The Morgan fingerprint density at radius 2 is 1.36 bits per heavy atom. The maximum atomic E-state index is 5.87. The lowest BCUT2D eigenvalue weighted by atomic mass is 10.0. The number of hydrogen-bond donors (Lipinski definition) is 0. The van der Waals surface area contributed by atoms with Gasteiger partial charge in [0.25, 0.3) is 0 Å². The van der Waals surface area contributed by atoms with Crippen LogP contribution in [0.15, 0.2) is 71.1 Å². The monoisotopic (exact) mass is 288 g/mol. The van der Waals surface area contributed by atoms with Crippen LogP contribution in [0.25, 0.3) is 33.1 Å². The van der Waals surface area contributed by atoms with Crippen LogP contribution in [-0.2, 0) is 0 Å². The molecular weight excluding hydrogens is 268 g/mol. The zero-order valence-corrected chi connectivity index (χ0v) is 13.3. The van der Waals surface area contributed by atoms with E-state index in [4.69, 9.17) is 4.42 Å². The molecule has 1 heterocycles. The average molecular weight is 288 g/mol. The van der Waals surface area contributed by atoms with Crippen molar-refractivity contribution in [3.63, 3.8) is 0 Å². The first-order valence-corrected chi connectivity index (χ1v) is 7.79. The molecule has 110 valence electrons. The van der Waals surface area contributed by atoms with E-state index in [9.17, 15) is 0 Å². The number of aryl methyl sites for hydroxylation is 1. The highest BCUT2D eigenvalue weighted by molar-refractivity contribution is 6.06. The fraction of sp³-hybridized carbons (Fsp3) is 0.143. The normalized spacial score (nSPS) is 10.5. The molecule has 0 radical (unpaired) electrons. The lowest BCUT2D eigenvalue weighted by molar-refractivity contribution is 0.669. The summed E-state index contributed by atoms with van der Waals surface area (Å²) >= 11 is 0. The Bertz CT molecular complexity index is 915. The van der Waals surface area contributed by atoms with E-state index in [1.54, 1.807) is 0 Å². The summed E-state index contributed by atoms with van der Waals surface area (Å²) < 4.78 is 5.87. The van der Waals surface area contributed by atoms with Crippen molar-refractivity contribution in [1.82, 2.24) is 0 Å². The Balaban J connectivity index is 0.000000693. The largest absolute Gasteiger partial charge is 0.456 e. The van der Waals surface area contributed by atoms with E-state index in [1.165, 1.54) is 27.5 Å². The van der Waals surface area contributed by atoms with Gasteiger partial charge < -0.3 is 4.42 Å². The van der Waals surface area contributed by atoms with Crippen molar-refractivity contribution < 1.29 is 4.42 Å². The number of benzene rings is 3. The number of para-hydroxylation sites is 1. The van der Waals surface area contributed by atoms with E-state index < -0.39 is 0 Å². The number of rotatable bonds is 1. The molecule has 3 aromatic carbocycles. The van der Waals surface area contributed by atoms with Crippen molar-refractivity contribution in [3.05, 3.63) is 72.3 Å². The summed E-state index contributed by atoms with van der Waals surface area (Å²) in [6, 6.07) is 23.2. The van der Waals surface area contributed by atoms with Gasteiger partial charge in [-0.15, -0.1) is 0 Å². The first kappa shape index (κ1) is 14.4. The van der Waals surface area contributed by atoms with Crippen LogP contribution >= 0.6 is 0 Å². The Kier molecular flexibility index (Phi) is 3.97. The van der Waals surface area contributed by atoms with Crippen LogP contribution in [-0.4, -0.2) is 0 Å². The van der Waals surface area contributed by atoms with Crippen LogP contribution in [0.5, 0.6) is 0 Å². The van der Waals surface area contributed by atoms with Crippen molar-refractivity contribution in [2.45, 2.75) is 20.8 Å². The van der Waals surface area contributed by atoms with E-state index >= 15 is 0 Å². The molecule has 0 spiro atoms. The van der Waals surface area contributed by atoms with Gasteiger partial charge in [-0.2, -0.15) is 0 Å². The van der Waals surface area contributed by atoms with E-state index in [1.807, 2.05) is 26.0 Å². The van der Waals surface area contributed by atoms with Gasteiger partial charge in [-0.1, -0.05) is 67.9 Å². The Hall–Kier alpha value is -2.54. The van der Waals surface area contributed by atoms with Crippen LogP contribution < -0.4 is 0 Å². The van der Waals surface area contributed by atoms with Crippen LogP contribution in [0.2, 0.25) is 0 Å². The molecule has 0 bridgehead atoms. The van der Waals surface area contributed by atoms with Gasteiger partial charge in [0, 0.05) is 10.8 Å². The van der Waals surface area contributed by atoms with Crippen molar-refractivity contribution in [2.75, 3.05) is 0 Å². The van der Waals surface area contributed by atoms with Crippen LogP contribution in [0.4, 0.5) is 0 Å². The minimum absolute atomic E-state index is 0.947. The highest BCUT2D eigenvalue weighted by Crippen LogP contribution is 2.32. The Labute approximate surface area is 131 Å². The lowest BCUT2D eigenvalue weighted by Gasteiger charge is -2.03. The molecule has 0 aliphatic rings. The van der Waals surface area contributed by atoms with E-state index in [0.29, 0.717) is 0 Å². The molecule has 1 heteroatoms. The number of fused-ring (bicyclic) bond motifs is 3. The Morgan fingerprint density at radius 1 is 0.636 bits per heavy atom. The summed E-state index contributed by atoms with van der Waals surface area (Å²) in [7, 11) is 0. The first-order chi connectivity index (χ1) is 10.8. The molecule has 22 heavy (non-hydrogen) atoms. The third-order valence-electron chi connectivity index (χ3n) is 3.73. The number of furan rings is 1. The topological polar surface area (TPSA) is 13.1 Å². The second-order valence-corrected chi connectivity index (χ2v) is 5.18. The molecule has 4 aromatic rings. The van der Waals surface area contributed by atoms with Gasteiger partial charge in [-0.25, -0.2) is 0 Å². The van der Waals surface area contributed by atoms with E-state index in [0.717, 1.165) is 11.2 Å². The third-order valence-corrected chi connectivity index (χ3v) is 3.73. The summed E-state index contributed by atoms with van der Waals surface area (Å²) in [5.41, 5.74) is 5.65. The zero-order valence-electron chi connectivity index (χ0n) is 13.3. The van der Waals surface area contributed by atoms with Crippen LogP contribution in [0.3, 0.4) is 0 Å². The molecule has 0 N–H and O–H groups in total. The van der Waals surface area contributed by atoms with Crippen molar-refractivity contribution in [1.29, 1.82) is 0 Å². The van der Waals surface area contributed by atoms with Crippen molar-refractivity contribution >= 4 is 21.9 Å². The molecule has 0 saturated heterocycles. The average Bonchev–Trinajstić information content (AvgIpc) is 2.94. The van der Waals surface area contributed by atoms with Gasteiger partial charge in [0.05, 0.1) is 0 Å². The molecule has 1 nitrogen and oxygen atoms in total. The molecule has 0 aliphatic heterocycles. The van der Waals surface area contributed by atoms with Gasteiger partial charge in [-0.3, -0.25) is 0 Å². The standard InChI is InChI=1S/C19H14O.C2H6/c1-13-5-4-6-14(11-13)15-9-10-19-17(12-15)16-7-2-3-8-18(16)20-19;1-2/h2-12H,1H3;1-2H3. The predicted octanol–water partition coefficient (Wildman–Crippen LogP) is 6.59. The minimum Gasteiger partial charge on any atom is -0.456 e. The van der Waals surface area contributed by atoms with E-state index in [-0.39, 0.29) is 0 Å². The lowest BCUT2D eigenvalue weighted by Crippen LogP contribution is -1.79. The molecule has 0 unspecified atom stereocenters. The summed E-state index contributed by atoms with van der Waals surface area (Å²) in [5.74, 6) is 0. The number of hydrogen-bond acceptors (Lipinski definition) is 1. The molecular formula is C21H20O. The third kappa shape index (κ3) is 2.50. The van der Waals surface area contributed by atoms with Crippen LogP contribution in [0.1, 0.15) is 19.4 Å². The van der Waals surface area contributed by atoms with E-state index in [2.05, 4.69) is 61.5 Å². The van der Waals surface area contributed by atoms with Gasteiger partial charge in [0.2, 0.25) is 0 Å². The fourth-order valence-corrected chi connectivity index (χ4v) is 2.73. The maximum Gasteiger partial charge on any atom is 0.135 e. The summed E-state index contributed by atoms with van der Waals surface area (Å²) in [6.07, 6.45) is 0. The summed E-state index contributed by atoms with van der Waals surface area (Å²) in [5, 5.41) is 2.36. The molecule has 0 aliphatic carbocycles. The first-order valence-electron chi connectivity index (χ1n) is 7.79. The van der Waals surface area contributed by atoms with Gasteiger partial charge >= 0.3 is 0 Å². The van der Waals surface area contributed by atoms with Crippen LogP contribution in [0, 0.1) is 6.92 Å². The van der Waals surface area contributed by atoms with Crippen molar-refractivity contribution in [3.8, 4) is 11.1 Å². The molecule has 0 atom stereocenters. The highest BCUT2D eigenvalue weighted by Gasteiger charge is 2.07. The molecule has 0 saturated carbocycles. The molecule has 4 rings (SSSR count). The maximum absolute atomic E-state index is 5.87. The SMILES string of the molecule is CC.Cc1cccc(-c2ccc3oc4ccccc4c3c2)c1. The molecule has 0 amide bonds. The second kappa shape index (κ2) is 6.07. The van der Waals surface area contributed by atoms with Crippen molar-refractivity contribution in [2.24, 2.45) is 0 Å². The van der Waals surface area contributed by atoms with Gasteiger partial charge in [0.1, 0.15) is 11.2 Å². The zero-order chi connectivity index (χ0) is 15.5. The van der Waals surface area contributed by atoms with Gasteiger partial charge in [0.15, 0.2) is 0 Å². The molecule has 0 fully saturated rings. The summed E-state index contributed by atoms with van der Waals surface area (Å²) in [6.45, 7) is 6.12. The fourth-order valence-electron chi connectivity index (χ4n) is 2.73. The predicted molar refractivity (Wildman–Crippen MR) is 95.2 cm³/mol. The smallest absolute Gasteiger partial charge is 0.135 e. The summed E-state index contributed by atoms with van der Waals surface area (Å²) in [4.78, 5) is 0. The highest BCUT2D eigenvalue weighted by atomic mass is 16.3. The minimum atomic E-state index is 0.947. The Morgan fingerprint density at radius 3 is 2.18 bits per heavy atom. The second-order valence-electron chi connectivity index (χ2n) is 5.18. The van der Waals surface area contributed by atoms with Gasteiger partial charge in [-0.05, 0) is 36.2 Å².